The first kappa shape index (κ1) is 12.5. The van der Waals surface area contributed by atoms with Crippen LogP contribution in [-0.4, -0.2) is 4.98 Å². The quantitative estimate of drug-likeness (QED) is 0.623. The van der Waals surface area contributed by atoms with Crippen molar-refractivity contribution < 1.29 is 0 Å². The average Bonchev–Trinajstić information content (AvgIpc) is 2.36. The molecule has 0 amide bonds. The van der Waals surface area contributed by atoms with E-state index in [-0.39, 0.29) is 6.04 Å². The molecule has 17 heavy (non-hydrogen) atoms. The van der Waals surface area contributed by atoms with E-state index < -0.39 is 0 Å². The maximum Gasteiger partial charge on any atom is 0.0489 e. The van der Waals surface area contributed by atoms with E-state index in [2.05, 4.69) is 36.4 Å². The highest BCUT2D eigenvalue weighted by Crippen LogP contribution is 2.39. The first-order chi connectivity index (χ1) is 8.22. The molecule has 1 aromatic rings. The van der Waals surface area contributed by atoms with E-state index in [1.54, 1.807) is 0 Å². The number of hydrogen-bond donors (Lipinski definition) is 2. The Morgan fingerprint density at radius 1 is 1.24 bits per heavy atom. The zero-order valence-electron chi connectivity index (χ0n) is 10.8. The summed E-state index contributed by atoms with van der Waals surface area (Å²) in [5.74, 6) is 8.04. The normalized spacial score (nSPS) is 31.1. The van der Waals surface area contributed by atoms with Gasteiger partial charge in [-0.1, -0.05) is 20.3 Å². The van der Waals surface area contributed by atoms with E-state index >= 15 is 0 Å². The van der Waals surface area contributed by atoms with Crippen LogP contribution in [0.5, 0.6) is 0 Å². The van der Waals surface area contributed by atoms with Crippen LogP contribution >= 0.6 is 0 Å². The van der Waals surface area contributed by atoms with Gasteiger partial charge in [0.25, 0.3) is 0 Å². The molecule has 1 aliphatic carbocycles. The number of nitrogens with zero attached hydrogens (tertiary/aromatic N) is 1. The van der Waals surface area contributed by atoms with Crippen LogP contribution in [-0.2, 0) is 0 Å². The largest absolute Gasteiger partial charge is 0.271 e. The Morgan fingerprint density at radius 3 is 2.53 bits per heavy atom. The molecule has 3 N–H and O–H groups in total. The first-order valence-corrected chi connectivity index (χ1v) is 6.58. The highest BCUT2D eigenvalue weighted by Gasteiger charge is 2.30. The van der Waals surface area contributed by atoms with Crippen molar-refractivity contribution in [2.24, 2.45) is 23.6 Å². The summed E-state index contributed by atoms with van der Waals surface area (Å²) in [6.07, 6.45) is 7.53. The van der Waals surface area contributed by atoms with Crippen molar-refractivity contribution in [2.75, 3.05) is 0 Å². The minimum atomic E-state index is 0.271. The highest BCUT2D eigenvalue weighted by molar-refractivity contribution is 5.16. The molecule has 4 unspecified atom stereocenters. The molecule has 0 aromatic carbocycles. The minimum Gasteiger partial charge on any atom is -0.271 e. The van der Waals surface area contributed by atoms with Crippen molar-refractivity contribution in [1.29, 1.82) is 0 Å². The third-order valence-corrected chi connectivity index (χ3v) is 4.35. The second-order valence-electron chi connectivity index (χ2n) is 5.45. The number of rotatable bonds is 3. The highest BCUT2D eigenvalue weighted by atomic mass is 15.2. The van der Waals surface area contributed by atoms with Gasteiger partial charge >= 0.3 is 0 Å². The Morgan fingerprint density at radius 2 is 1.94 bits per heavy atom. The van der Waals surface area contributed by atoms with Gasteiger partial charge in [0.2, 0.25) is 0 Å². The van der Waals surface area contributed by atoms with E-state index in [4.69, 9.17) is 5.84 Å². The summed E-state index contributed by atoms with van der Waals surface area (Å²) >= 11 is 0. The van der Waals surface area contributed by atoms with Gasteiger partial charge in [-0.3, -0.25) is 16.3 Å². The van der Waals surface area contributed by atoms with Crippen LogP contribution in [0, 0.1) is 17.8 Å². The molecule has 1 aromatic heterocycles. The molecule has 0 saturated heterocycles. The van der Waals surface area contributed by atoms with Gasteiger partial charge in [0.1, 0.15) is 0 Å². The fourth-order valence-corrected chi connectivity index (χ4v) is 2.97. The van der Waals surface area contributed by atoms with Gasteiger partial charge in [-0.15, -0.1) is 0 Å². The van der Waals surface area contributed by atoms with Crippen molar-refractivity contribution in [2.45, 2.75) is 39.2 Å². The van der Waals surface area contributed by atoms with Crippen molar-refractivity contribution in [3.05, 3.63) is 30.1 Å². The van der Waals surface area contributed by atoms with Crippen LogP contribution in [0.4, 0.5) is 0 Å². The number of aromatic nitrogens is 1. The third kappa shape index (κ3) is 2.85. The smallest absolute Gasteiger partial charge is 0.0489 e. The zero-order valence-corrected chi connectivity index (χ0v) is 10.8. The average molecular weight is 233 g/mol. The van der Waals surface area contributed by atoms with E-state index in [9.17, 15) is 0 Å². The van der Waals surface area contributed by atoms with Crippen LogP contribution in [0.2, 0.25) is 0 Å². The van der Waals surface area contributed by atoms with Gasteiger partial charge in [-0.05, 0) is 48.3 Å². The molecule has 94 valence electrons. The summed E-state index contributed by atoms with van der Waals surface area (Å²) in [5.41, 5.74) is 4.25. The van der Waals surface area contributed by atoms with E-state index in [0.29, 0.717) is 5.92 Å². The van der Waals surface area contributed by atoms with Gasteiger partial charge in [-0.2, -0.15) is 0 Å². The number of hydrazine groups is 1. The Hall–Kier alpha value is -0.930. The van der Waals surface area contributed by atoms with Crippen LogP contribution in [0.25, 0.3) is 0 Å². The summed E-state index contributed by atoms with van der Waals surface area (Å²) < 4.78 is 0. The van der Waals surface area contributed by atoms with Crippen LogP contribution in [0.3, 0.4) is 0 Å². The third-order valence-electron chi connectivity index (χ3n) is 4.35. The monoisotopic (exact) mass is 233 g/mol. The van der Waals surface area contributed by atoms with Gasteiger partial charge in [0, 0.05) is 18.4 Å². The number of pyridine rings is 1. The number of nitrogens with one attached hydrogen (secondary N) is 1. The van der Waals surface area contributed by atoms with Crippen molar-refractivity contribution in [3.63, 3.8) is 0 Å². The topological polar surface area (TPSA) is 50.9 Å². The lowest BCUT2D eigenvalue weighted by molar-refractivity contribution is 0.171. The van der Waals surface area contributed by atoms with Crippen LogP contribution in [0.15, 0.2) is 24.5 Å². The van der Waals surface area contributed by atoms with Gasteiger partial charge in [0.15, 0.2) is 0 Å². The molecular weight excluding hydrogens is 210 g/mol. The first-order valence-electron chi connectivity index (χ1n) is 6.58. The second-order valence-corrected chi connectivity index (χ2v) is 5.45. The zero-order chi connectivity index (χ0) is 12.3. The molecule has 1 heterocycles. The summed E-state index contributed by atoms with van der Waals surface area (Å²) in [4.78, 5) is 4.07. The van der Waals surface area contributed by atoms with E-state index in [0.717, 1.165) is 11.8 Å². The predicted molar refractivity (Wildman–Crippen MR) is 70.0 cm³/mol. The lowest BCUT2D eigenvalue weighted by Crippen LogP contribution is -2.36. The summed E-state index contributed by atoms with van der Waals surface area (Å²) in [5, 5.41) is 0. The van der Waals surface area contributed by atoms with Gasteiger partial charge in [0.05, 0.1) is 0 Å². The fourth-order valence-electron chi connectivity index (χ4n) is 2.97. The number of nitrogens with two attached hydrogens (primary N) is 1. The molecule has 0 spiro atoms. The molecular formula is C14H23N3. The summed E-state index contributed by atoms with van der Waals surface area (Å²) in [7, 11) is 0. The summed E-state index contributed by atoms with van der Waals surface area (Å²) in [6.45, 7) is 4.72. The van der Waals surface area contributed by atoms with Gasteiger partial charge < -0.3 is 0 Å². The van der Waals surface area contributed by atoms with Crippen molar-refractivity contribution in [1.82, 2.24) is 10.4 Å². The van der Waals surface area contributed by atoms with E-state index in [1.807, 2.05) is 12.4 Å². The molecule has 0 aliphatic heterocycles. The van der Waals surface area contributed by atoms with Crippen molar-refractivity contribution >= 4 is 0 Å². The second kappa shape index (κ2) is 5.61. The molecule has 1 aliphatic rings. The van der Waals surface area contributed by atoms with E-state index in [1.165, 1.54) is 24.8 Å². The molecule has 3 heteroatoms. The SMILES string of the molecule is CC1CCC(C(NN)c2ccncc2)CC1C. The molecule has 0 radical (unpaired) electrons. The standard InChI is InChI=1S/C14H23N3/c1-10-3-4-13(9-11(10)2)14(17-15)12-5-7-16-8-6-12/h5-8,10-11,13-14,17H,3-4,9,15H2,1-2H3. The molecule has 0 bridgehead atoms. The number of hydrogen-bond acceptors (Lipinski definition) is 3. The summed E-state index contributed by atoms with van der Waals surface area (Å²) in [6, 6.07) is 4.40. The molecule has 3 nitrogen and oxygen atoms in total. The molecule has 1 saturated carbocycles. The molecule has 2 rings (SSSR count). The lowest BCUT2D eigenvalue weighted by Gasteiger charge is -2.36. The maximum absolute atomic E-state index is 5.75. The van der Waals surface area contributed by atoms with Crippen LogP contribution in [0.1, 0.15) is 44.7 Å². The predicted octanol–water partition coefficient (Wildman–Crippen LogP) is 2.66. The minimum absolute atomic E-state index is 0.271. The van der Waals surface area contributed by atoms with Gasteiger partial charge in [-0.25, -0.2) is 0 Å². The van der Waals surface area contributed by atoms with Crippen molar-refractivity contribution in [3.8, 4) is 0 Å². The Bertz CT molecular complexity index is 339. The lowest BCUT2D eigenvalue weighted by atomic mass is 9.72. The molecule has 4 atom stereocenters. The Balaban J connectivity index is 2.09. The fraction of sp³-hybridized carbons (Fsp3) is 0.643. The Labute approximate surface area is 104 Å². The Kier molecular flexibility index (Phi) is 4.13. The van der Waals surface area contributed by atoms with Crippen LogP contribution < -0.4 is 11.3 Å². The maximum atomic E-state index is 5.75. The molecule has 1 fully saturated rings.